The summed E-state index contributed by atoms with van der Waals surface area (Å²) in [6.07, 6.45) is 0. The van der Waals surface area contributed by atoms with Gasteiger partial charge in [0.05, 0.1) is 27.7 Å². The van der Waals surface area contributed by atoms with Gasteiger partial charge in [-0.05, 0) is 47.5 Å². The van der Waals surface area contributed by atoms with E-state index in [9.17, 15) is 0 Å². The minimum absolute atomic E-state index is 0.661. The van der Waals surface area contributed by atoms with Crippen LogP contribution in [0, 0.1) is 0 Å². The van der Waals surface area contributed by atoms with E-state index in [4.69, 9.17) is 9.97 Å². The minimum Gasteiger partial charge on any atom is -0.309 e. The van der Waals surface area contributed by atoms with Crippen molar-refractivity contribution >= 4 is 44.9 Å². The summed E-state index contributed by atoms with van der Waals surface area (Å²) >= 11 is 0. The number of hydrogen-bond donors (Lipinski definition) is 0. The number of hydrogen-bond acceptors (Lipinski definition) is 3. The van der Waals surface area contributed by atoms with Gasteiger partial charge in [0.2, 0.25) is 0 Å². The molecule has 1 aliphatic rings. The Morgan fingerprint density at radius 3 is 1.75 bits per heavy atom. The molecule has 3 heterocycles. The van der Waals surface area contributed by atoms with Crippen molar-refractivity contribution in [1.29, 1.82) is 0 Å². The lowest BCUT2D eigenvalue weighted by atomic mass is 10.0. The molecule has 7 aromatic carbocycles. The van der Waals surface area contributed by atoms with Gasteiger partial charge in [0, 0.05) is 43.8 Å². The van der Waals surface area contributed by atoms with E-state index in [2.05, 4.69) is 102 Å². The molecule has 9 aromatic rings. The molecule has 0 bridgehead atoms. The molecule has 0 aliphatic carbocycles. The van der Waals surface area contributed by atoms with Crippen molar-refractivity contribution in [2.45, 2.75) is 0 Å². The maximum Gasteiger partial charge on any atom is 0.174 e. The first-order valence-electron chi connectivity index (χ1n) is 17.1. The van der Waals surface area contributed by atoms with Crippen LogP contribution in [-0.4, -0.2) is 14.5 Å². The van der Waals surface area contributed by atoms with E-state index in [0.29, 0.717) is 5.82 Å². The Morgan fingerprint density at radius 2 is 1.06 bits per heavy atom. The van der Waals surface area contributed by atoms with Crippen LogP contribution in [0.25, 0.3) is 72.5 Å². The Kier molecular flexibility index (Phi) is 6.74. The lowest BCUT2D eigenvalue weighted by Gasteiger charge is -2.18. The summed E-state index contributed by atoms with van der Waals surface area (Å²) in [6.45, 7) is 0. The van der Waals surface area contributed by atoms with Crippen molar-refractivity contribution in [3.05, 3.63) is 182 Å². The molecule has 1 aliphatic heterocycles. The zero-order valence-electron chi connectivity index (χ0n) is 27.5. The van der Waals surface area contributed by atoms with Crippen molar-refractivity contribution < 1.29 is 4.57 Å². The summed E-state index contributed by atoms with van der Waals surface area (Å²) < 4.78 is 18.1. The summed E-state index contributed by atoms with van der Waals surface area (Å²) in [5.41, 5.74) is 9.85. The number of aromatic nitrogens is 3. The third-order valence-corrected chi connectivity index (χ3v) is 13.2. The summed E-state index contributed by atoms with van der Waals surface area (Å²) in [6, 6.07) is 62.1. The Hall–Kier alpha value is -6.35. The average molecular weight is 672 g/mol. The predicted molar refractivity (Wildman–Crippen MR) is 211 cm³/mol. The molecular weight excluding hydrogens is 642 g/mol. The van der Waals surface area contributed by atoms with Crippen molar-refractivity contribution in [1.82, 2.24) is 14.5 Å². The second-order valence-electron chi connectivity index (χ2n) is 12.9. The third kappa shape index (κ3) is 4.58. The highest BCUT2D eigenvalue weighted by Crippen LogP contribution is 2.54. The van der Waals surface area contributed by atoms with E-state index in [-0.39, 0.29) is 0 Å². The van der Waals surface area contributed by atoms with Gasteiger partial charge >= 0.3 is 0 Å². The quantitative estimate of drug-likeness (QED) is 0.171. The topological polar surface area (TPSA) is 47.8 Å². The molecule has 240 valence electrons. The van der Waals surface area contributed by atoms with Gasteiger partial charge in [-0.1, -0.05) is 146 Å². The first-order valence-corrected chi connectivity index (χ1v) is 18.8. The molecule has 1 unspecified atom stereocenters. The van der Waals surface area contributed by atoms with Crippen molar-refractivity contribution in [3.63, 3.8) is 0 Å². The molecule has 51 heavy (non-hydrogen) atoms. The summed E-state index contributed by atoms with van der Waals surface area (Å²) in [4.78, 5) is 10.1. The van der Waals surface area contributed by atoms with Crippen LogP contribution in [0.2, 0.25) is 0 Å². The van der Waals surface area contributed by atoms with Crippen LogP contribution in [0.3, 0.4) is 0 Å². The first kappa shape index (κ1) is 29.6. The largest absolute Gasteiger partial charge is 0.309 e. The van der Waals surface area contributed by atoms with Crippen LogP contribution in [0.5, 0.6) is 0 Å². The second kappa shape index (κ2) is 11.6. The predicted octanol–water partition coefficient (Wildman–Crippen LogP) is 10.2. The van der Waals surface area contributed by atoms with Gasteiger partial charge in [-0.3, -0.25) is 0 Å². The van der Waals surface area contributed by atoms with Crippen LogP contribution < -0.4 is 15.9 Å². The fraction of sp³-hybridized carbons (Fsp3) is 0. The molecule has 1 atom stereocenters. The Morgan fingerprint density at radius 1 is 0.471 bits per heavy atom. The number of nitrogens with zero attached hydrogens (tertiary/aromatic N) is 3. The van der Waals surface area contributed by atoms with Crippen LogP contribution in [0.4, 0.5) is 0 Å². The van der Waals surface area contributed by atoms with E-state index in [1.165, 1.54) is 0 Å². The molecule has 5 heteroatoms. The van der Waals surface area contributed by atoms with Gasteiger partial charge in [-0.15, -0.1) is 0 Å². The molecule has 4 nitrogen and oxygen atoms in total. The third-order valence-electron chi connectivity index (χ3n) is 10.0. The molecular formula is C46H30N3OP. The highest BCUT2D eigenvalue weighted by molar-refractivity contribution is 7.86. The number of fused-ring (bicyclic) bond motifs is 7. The van der Waals surface area contributed by atoms with Gasteiger partial charge < -0.3 is 9.13 Å². The van der Waals surface area contributed by atoms with Crippen molar-refractivity contribution in [3.8, 4) is 50.7 Å². The molecule has 2 aromatic heterocycles. The van der Waals surface area contributed by atoms with Gasteiger partial charge in [-0.25, -0.2) is 9.97 Å². The highest BCUT2D eigenvalue weighted by atomic mass is 31.2. The molecule has 0 spiro atoms. The van der Waals surface area contributed by atoms with Crippen LogP contribution in [0.1, 0.15) is 0 Å². The Labute approximate surface area is 295 Å². The monoisotopic (exact) mass is 671 g/mol. The summed E-state index contributed by atoms with van der Waals surface area (Å²) in [5, 5.41) is 4.86. The molecule has 0 N–H and O–H groups in total. The van der Waals surface area contributed by atoms with E-state index in [0.717, 1.165) is 82.6 Å². The van der Waals surface area contributed by atoms with Gasteiger partial charge in [0.25, 0.3) is 0 Å². The molecule has 10 rings (SSSR count). The number of rotatable bonds is 5. The molecule has 0 amide bonds. The molecule has 0 saturated heterocycles. The minimum atomic E-state index is -3.22. The maximum atomic E-state index is 15.8. The zero-order chi connectivity index (χ0) is 33.9. The molecule has 0 saturated carbocycles. The normalized spacial score (nSPS) is 14.8. The van der Waals surface area contributed by atoms with Crippen molar-refractivity contribution in [2.24, 2.45) is 0 Å². The fourth-order valence-electron chi connectivity index (χ4n) is 7.70. The zero-order valence-corrected chi connectivity index (χ0v) is 28.4. The molecule has 0 fully saturated rings. The van der Waals surface area contributed by atoms with E-state index >= 15 is 4.57 Å². The van der Waals surface area contributed by atoms with E-state index in [1.54, 1.807) is 0 Å². The second-order valence-corrected chi connectivity index (χ2v) is 15.6. The SMILES string of the molecule is O=P1(c2ccccc2)c2ccccc2-c2ccc3c4ccccc4n(-c4ccc(-c5nc(-c6ccccc6)cc(-c6ccccc6)n5)cc4)c3c21. The number of benzene rings is 7. The lowest BCUT2D eigenvalue weighted by molar-refractivity contribution is 0.593. The summed E-state index contributed by atoms with van der Waals surface area (Å²) in [7, 11) is -3.22. The van der Waals surface area contributed by atoms with Gasteiger partial charge in [0.1, 0.15) is 0 Å². The van der Waals surface area contributed by atoms with Gasteiger partial charge in [-0.2, -0.15) is 0 Å². The summed E-state index contributed by atoms with van der Waals surface area (Å²) in [5.74, 6) is 0.661. The Balaban J connectivity index is 1.19. The highest BCUT2D eigenvalue weighted by Gasteiger charge is 2.42. The maximum absolute atomic E-state index is 15.8. The van der Waals surface area contributed by atoms with Crippen molar-refractivity contribution in [2.75, 3.05) is 0 Å². The molecule has 0 radical (unpaired) electrons. The lowest BCUT2D eigenvalue weighted by Crippen LogP contribution is -2.22. The first-order chi connectivity index (χ1) is 25.2. The van der Waals surface area contributed by atoms with Crippen LogP contribution in [-0.2, 0) is 4.57 Å². The Bertz CT molecular complexity index is 2750. The fourth-order valence-corrected chi connectivity index (χ4v) is 10.9. The average Bonchev–Trinajstić information content (AvgIpc) is 3.69. The number of para-hydroxylation sites is 1. The van der Waals surface area contributed by atoms with Crippen LogP contribution in [0.15, 0.2) is 182 Å². The van der Waals surface area contributed by atoms with E-state index in [1.807, 2.05) is 84.9 Å². The smallest absolute Gasteiger partial charge is 0.174 e. The standard InChI is InChI=1S/C46H30N3OP/c50-51(35-18-8-3-9-19-35)43-23-13-11-21-37(43)39-29-28-38-36-20-10-12-22-42(36)49(44(38)45(39)51)34-26-24-33(25-27-34)46-47-40(31-14-4-1-5-15-31)30-41(48-46)32-16-6-2-7-17-32/h1-30H. The van der Waals surface area contributed by atoms with Gasteiger partial charge in [0.15, 0.2) is 13.0 Å². The van der Waals surface area contributed by atoms with E-state index < -0.39 is 7.14 Å². The van der Waals surface area contributed by atoms with Crippen LogP contribution >= 0.6 is 7.14 Å².